The number of aromatic amines is 1. The molecule has 0 spiro atoms. The molecule has 1 heterocycles. The Labute approximate surface area is 127 Å². The molecule has 0 saturated heterocycles. The number of aromatic nitrogens is 1. The van der Waals surface area contributed by atoms with Crippen LogP contribution in [0, 0.1) is 5.82 Å². The fraction of sp³-hybridized carbons (Fsp3) is 0. The third-order valence-electron chi connectivity index (χ3n) is 3.08. The van der Waals surface area contributed by atoms with Gasteiger partial charge in [0, 0.05) is 27.7 Å². The summed E-state index contributed by atoms with van der Waals surface area (Å²) in [6.45, 7) is 0. The van der Waals surface area contributed by atoms with Crippen molar-refractivity contribution in [3.63, 3.8) is 0 Å². The molecule has 0 bridgehead atoms. The quantitative estimate of drug-likeness (QED) is 0.650. The fourth-order valence-electron chi connectivity index (χ4n) is 2.11. The highest BCUT2D eigenvalue weighted by molar-refractivity contribution is 9.10. The lowest BCUT2D eigenvalue weighted by atomic mass is 10.0. The highest BCUT2D eigenvalue weighted by Crippen LogP contribution is 2.26. The number of fused-ring (bicyclic) bond motifs is 1. The molecule has 0 fully saturated rings. The summed E-state index contributed by atoms with van der Waals surface area (Å²) in [5.74, 6) is -0.918. The maximum atomic E-state index is 14.0. The molecular formula is C15H8BrClFNO. The minimum atomic E-state index is -0.555. The van der Waals surface area contributed by atoms with Gasteiger partial charge in [0.1, 0.15) is 5.82 Å². The molecule has 2 nitrogen and oxygen atoms in total. The maximum absolute atomic E-state index is 14.0. The molecule has 1 N–H and O–H groups in total. The Morgan fingerprint density at radius 2 is 2.00 bits per heavy atom. The van der Waals surface area contributed by atoms with E-state index in [1.54, 1.807) is 36.5 Å². The van der Waals surface area contributed by atoms with Gasteiger partial charge in [-0.2, -0.15) is 0 Å². The molecule has 0 radical (unpaired) electrons. The molecule has 20 heavy (non-hydrogen) atoms. The molecule has 3 rings (SSSR count). The second-order valence-electron chi connectivity index (χ2n) is 4.32. The monoisotopic (exact) mass is 351 g/mol. The largest absolute Gasteiger partial charge is 0.360 e. The lowest BCUT2D eigenvalue weighted by Gasteiger charge is -2.03. The number of hydrogen-bond donors (Lipinski definition) is 1. The normalized spacial score (nSPS) is 10.9. The lowest BCUT2D eigenvalue weighted by Crippen LogP contribution is -2.04. The first-order valence-corrected chi connectivity index (χ1v) is 7.00. The van der Waals surface area contributed by atoms with E-state index in [0.29, 0.717) is 10.6 Å². The van der Waals surface area contributed by atoms with Crippen LogP contribution in [0.15, 0.2) is 47.1 Å². The summed E-state index contributed by atoms with van der Waals surface area (Å²) < 4.78 is 14.3. The van der Waals surface area contributed by atoms with Crippen molar-refractivity contribution in [3.8, 4) is 0 Å². The molecule has 2 aromatic carbocycles. The van der Waals surface area contributed by atoms with Crippen LogP contribution >= 0.6 is 27.5 Å². The number of carbonyl (C=O) groups is 1. The van der Waals surface area contributed by atoms with Gasteiger partial charge in [0.25, 0.3) is 0 Å². The Morgan fingerprint density at radius 1 is 1.20 bits per heavy atom. The van der Waals surface area contributed by atoms with Gasteiger partial charge < -0.3 is 4.98 Å². The molecule has 0 amide bonds. The predicted molar refractivity (Wildman–Crippen MR) is 80.8 cm³/mol. The summed E-state index contributed by atoms with van der Waals surface area (Å²) >= 11 is 8.98. The van der Waals surface area contributed by atoms with E-state index in [4.69, 9.17) is 11.6 Å². The van der Waals surface area contributed by atoms with Crippen LogP contribution in [-0.2, 0) is 0 Å². The molecule has 3 aromatic rings. The van der Waals surface area contributed by atoms with Crippen molar-refractivity contribution in [1.82, 2.24) is 4.98 Å². The fourth-order valence-corrected chi connectivity index (χ4v) is 2.65. The Kier molecular flexibility index (Phi) is 3.36. The van der Waals surface area contributed by atoms with Crippen LogP contribution in [0.4, 0.5) is 4.39 Å². The maximum Gasteiger partial charge on any atom is 0.198 e. The number of nitrogens with one attached hydrogen (secondary N) is 1. The predicted octanol–water partition coefficient (Wildman–Crippen LogP) is 4.95. The van der Waals surface area contributed by atoms with Gasteiger partial charge in [-0.05, 0) is 40.2 Å². The number of benzene rings is 2. The summed E-state index contributed by atoms with van der Waals surface area (Å²) in [4.78, 5) is 15.4. The van der Waals surface area contributed by atoms with Gasteiger partial charge in [-0.15, -0.1) is 0 Å². The Bertz CT molecular complexity index is 828. The number of carbonyl (C=O) groups excluding carboxylic acids is 1. The van der Waals surface area contributed by atoms with Crippen molar-refractivity contribution in [1.29, 1.82) is 0 Å². The van der Waals surface area contributed by atoms with Gasteiger partial charge in [-0.3, -0.25) is 4.79 Å². The van der Waals surface area contributed by atoms with Crippen LogP contribution in [-0.4, -0.2) is 10.8 Å². The number of ketones is 1. The third-order valence-corrected chi connectivity index (χ3v) is 3.93. The second-order valence-corrected chi connectivity index (χ2v) is 5.61. The van der Waals surface area contributed by atoms with Crippen LogP contribution in [0.25, 0.3) is 10.9 Å². The van der Waals surface area contributed by atoms with E-state index in [1.807, 2.05) is 0 Å². The molecule has 0 unspecified atom stereocenters. The zero-order valence-electron chi connectivity index (χ0n) is 10.1. The minimum absolute atomic E-state index is 0.0372. The van der Waals surface area contributed by atoms with Gasteiger partial charge in [-0.25, -0.2) is 4.39 Å². The van der Waals surface area contributed by atoms with Crippen molar-refractivity contribution >= 4 is 44.2 Å². The SMILES string of the molecule is O=C(c1cccc(Br)c1F)c1c[nH]c2cc(Cl)ccc12. The summed E-state index contributed by atoms with van der Waals surface area (Å²) in [6.07, 6.45) is 1.57. The van der Waals surface area contributed by atoms with E-state index in [-0.39, 0.29) is 15.8 Å². The lowest BCUT2D eigenvalue weighted by molar-refractivity contribution is 0.103. The van der Waals surface area contributed by atoms with E-state index < -0.39 is 5.82 Å². The van der Waals surface area contributed by atoms with E-state index in [9.17, 15) is 9.18 Å². The zero-order chi connectivity index (χ0) is 14.3. The van der Waals surface area contributed by atoms with E-state index in [0.717, 1.165) is 10.9 Å². The first-order chi connectivity index (χ1) is 9.58. The van der Waals surface area contributed by atoms with Crippen LogP contribution in [0.3, 0.4) is 0 Å². The Morgan fingerprint density at radius 3 is 2.80 bits per heavy atom. The van der Waals surface area contributed by atoms with Gasteiger partial charge in [0.15, 0.2) is 5.78 Å². The number of rotatable bonds is 2. The smallest absolute Gasteiger partial charge is 0.198 e. The topological polar surface area (TPSA) is 32.9 Å². The van der Waals surface area contributed by atoms with Crippen molar-refractivity contribution in [3.05, 3.63) is 69.0 Å². The molecule has 0 saturated carbocycles. The Balaban J connectivity index is 2.16. The molecule has 5 heteroatoms. The van der Waals surface area contributed by atoms with Crippen LogP contribution in [0.2, 0.25) is 5.02 Å². The van der Waals surface area contributed by atoms with Gasteiger partial charge in [0.2, 0.25) is 0 Å². The number of hydrogen-bond acceptors (Lipinski definition) is 1. The second kappa shape index (κ2) is 5.04. The molecule has 0 aliphatic rings. The molecule has 0 aliphatic heterocycles. The zero-order valence-corrected chi connectivity index (χ0v) is 12.4. The number of H-pyrrole nitrogens is 1. The van der Waals surface area contributed by atoms with Crippen LogP contribution in [0.1, 0.15) is 15.9 Å². The first kappa shape index (κ1) is 13.3. The summed E-state index contributed by atoms with van der Waals surface area (Å²) in [5.41, 5.74) is 1.21. The van der Waals surface area contributed by atoms with Gasteiger partial charge in [-0.1, -0.05) is 23.7 Å². The van der Waals surface area contributed by atoms with Crippen molar-refractivity contribution in [2.24, 2.45) is 0 Å². The van der Waals surface area contributed by atoms with Gasteiger partial charge >= 0.3 is 0 Å². The average molecular weight is 353 g/mol. The highest BCUT2D eigenvalue weighted by Gasteiger charge is 2.18. The molecule has 100 valence electrons. The molecular weight excluding hydrogens is 345 g/mol. The third kappa shape index (κ3) is 2.15. The minimum Gasteiger partial charge on any atom is -0.360 e. The molecule has 1 aromatic heterocycles. The highest BCUT2D eigenvalue weighted by atomic mass is 79.9. The Hall–Kier alpha value is -1.65. The van der Waals surface area contributed by atoms with Crippen LogP contribution < -0.4 is 0 Å². The molecule has 0 aliphatic carbocycles. The van der Waals surface area contributed by atoms with Gasteiger partial charge in [0.05, 0.1) is 10.0 Å². The average Bonchev–Trinajstić information content (AvgIpc) is 2.84. The summed E-state index contributed by atoms with van der Waals surface area (Å²) in [6, 6.07) is 9.83. The number of halogens is 3. The van der Waals surface area contributed by atoms with Crippen molar-refractivity contribution < 1.29 is 9.18 Å². The van der Waals surface area contributed by atoms with E-state index in [2.05, 4.69) is 20.9 Å². The first-order valence-electron chi connectivity index (χ1n) is 5.83. The van der Waals surface area contributed by atoms with E-state index in [1.165, 1.54) is 6.07 Å². The van der Waals surface area contributed by atoms with E-state index >= 15 is 0 Å². The van der Waals surface area contributed by atoms with Crippen molar-refractivity contribution in [2.75, 3.05) is 0 Å². The summed E-state index contributed by atoms with van der Waals surface area (Å²) in [5, 5.41) is 1.30. The molecule has 0 atom stereocenters. The van der Waals surface area contributed by atoms with Crippen LogP contribution in [0.5, 0.6) is 0 Å². The summed E-state index contributed by atoms with van der Waals surface area (Å²) in [7, 11) is 0. The standard InChI is InChI=1S/C15H8BrClFNO/c16-12-3-1-2-10(14(12)18)15(20)11-7-19-13-6-8(17)4-5-9(11)13/h1-7,19H. The van der Waals surface area contributed by atoms with Crippen molar-refractivity contribution in [2.45, 2.75) is 0 Å².